The maximum absolute atomic E-state index is 13.5. The Bertz CT molecular complexity index is 1050. The second-order valence-electron chi connectivity index (χ2n) is 7.67. The van der Waals surface area contributed by atoms with Crippen LogP contribution in [0.15, 0.2) is 65.2 Å². The lowest BCUT2D eigenvalue weighted by atomic mass is 10.0. The van der Waals surface area contributed by atoms with Gasteiger partial charge in [0.2, 0.25) is 0 Å². The molecule has 1 amide bonds. The number of amides is 1. The van der Waals surface area contributed by atoms with Crippen LogP contribution in [0.4, 0.5) is 0 Å². The van der Waals surface area contributed by atoms with Crippen molar-refractivity contribution in [1.82, 2.24) is 15.0 Å². The van der Waals surface area contributed by atoms with Gasteiger partial charge in [-0.05, 0) is 24.6 Å². The Balaban J connectivity index is 1.52. The summed E-state index contributed by atoms with van der Waals surface area (Å²) in [7, 11) is 1.64. The number of aryl methyl sites for hydroxylation is 1. The van der Waals surface area contributed by atoms with Crippen LogP contribution in [0.2, 0.25) is 0 Å². The number of nitrogens with zero attached hydrogens (tertiary/aromatic N) is 3. The predicted molar refractivity (Wildman–Crippen MR) is 120 cm³/mol. The van der Waals surface area contributed by atoms with Gasteiger partial charge in [-0.3, -0.25) is 9.69 Å². The van der Waals surface area contributed by atoms with Crippen molar-refractivity contribution in [3.8, 4) is 5.75 Å². The highest BCUT2D eigenvalue weighted by Crippen LogP contribution is 2.26. The molecule has 0 aliphatic carbocycles. The number of aromatic nitrogens is 1. The van der Waals surface area contributed by atoms with Gasteiger partial charge in [-0.15, -0.1) is 0 Å². The number of carbonyl (C=O) groups excluding carboxylic acids is 1. The minimum Gasteiger partial charge on any atom is -0.496 e. The molecule has 0 bridgehead atoms. The van der Waals surface area contributed by atoms with Gasteiger partial charge in [0.05, 0.1) is 19.3 Å². The molecule has 0 spiro atoms. The quantitative estimate of drug-likeness (QED) is 0.450. The van der Waals surface area contributed by atoms with Crippen molar-refractivity contribution in [1.29, 1.82) is 0 Å². The Morgan fingerprint density at radius 2 is 1.77 bits per heavy atom. The van der Waals surface area contributed by atoms with E-state index in [1.54, 1.807) is 7.11 Å². The molecule has 1 aliphatic rings. The summed E-state index contributed by atoms with van der Waals surface area (Å²) in [6.07, 6.45) is 1.93. The second kappa shape index (κ2) is 9.62. The lowest BCUT2D eigenvalue weighted by molar-refractivity contribution is -0.126. The fourth-order valence-electron chi connectivity index (χ4n) is 3.82. The van der Waals surface area contributed by atoms with Gasteiger partial charge in [0.15, 0.2) is 5.76 Å². The molecule has 1 fully saturated rings. The smallest absolute Gasteiger partial charge is 0.254 e. The standard InChI is InChI=1S/C25H27N3O3/c1-19-16-22(31-26-19)18-27-12-14-28(15-13-27)25(29)23(20-8-4-3-5-9-20)17-21-10-6-7-11-24(21)30-2/h3-11,16-17H,12-15,18H2,1-2H3/b23-17+. The highest BCUT2D eigenvalue weighted by atomic mass is 16.5. The van der Waals surface area contributed by atoms with E-state index >= 15 is 0 Å². The van der Waals surface area contributed by atoms with Crippen LogP contribution in [0.1, 0.15) is 22.6 Å². The van der Waals surface area contributed by atoms with Gasteiger partial charge in [-0.1, -0.05) is 53.7 Å². The Morgan fingerprint density at radius 1 is 1.06 bits per heavy atom. The molecule has 4 rings (SSSR count). The van der Waals surface area contributed by atoms with E-state index in [-0.39, 0.29) is 5.91 Å². The van der Waals surface area contributed by atoms with Crippen molar-refractivity contribution in [2.75, 3.05) is 33.3 Å². The zero-order chi connectivity index (χ0) is 21.6. The van der Waals surface area contributed by atoms with E-state index in [1.807, 2.05) is 78.6 Å². The number of para-hydroxylation sites is 1. The van der Waals surface area contributed by atoms with E-state index < -0.39 is 0 Å². The van der Waals surface area contributed by atoms with E-state index in [2.05, 4.69) is 10.1 Å². The molecule has 3 aromatic rings. The van der Waals surface area contributed by atoms with Crippen LogP contribution in [0.25, 0.3) is 11.6 Å². The largest absolute Gasteiger partial charge is 0.496 e. The fraction of sp³-hybridized carbons (Fsp3) is 0.280. The van der Waals surface area contributed by atoms with E-state index in [0.29, 0.717) is 25.2 Å². The third kappa shape index (κ3) is 5.03. The summed E-state index contributed by atoms with van der Waals surface area (Å²) in [6.45, 7) is 5.56. The summed E-state index contributed by atoms with van der Waals surface area (Å²) >= 11 is 0. The maximum Gasteiger partial charge on any atom is 0.254 e. The van der Waals surface area contributed by atoms with Crippen molar-refractivity contribution in [3.63, 3.8) is 0 Å². The van der Waals surface area contributed by atoms with Gasteiger partial charge < -0.3 is 14.2 Å². The molecule has 6 heteroatoms. The van der Waals surface area contributed by atoms with Crippen LogP contribution in [0, 0.1) is 6.92 Å². The molecule has 1 saturated heterocycles. The van der Waals surface area contributed by atoms with Crippen molar-refractivity contribution >= 4 is 17.6 Å². The van der Waals surface area contributed by atoms with Crippen molar-refractivity contribution in [2.24, 2.45) is 0 Å². The first-order chi connectivity index (χ1) is 15.1. The summed E-state index contributed by atoms with van der Waals surface area (Å²) in [6, 6.07) is 19.5. The number of rotatable bonds is 6. The third-order valence-corrected chi connectivity index (χ3v) is 5.47. The van der Waals surface area contributed by atoms with Gasteiger partial charge in [-0.25, -0.2) is 0 Å². The first-order valence-corrected chi connectivity index (χ1v) is 10.5. The van der Waals surface area contributed by atoms with Crippen molar-refractivity contribution in [2.45, 2.75) is 13.5 Å². The Hall–Kier alpha value is -3.38. The Labute approximate surface area is 182 Å². The van der Waals surface area contributed by atoms with Crippen LogP contribution in [-0.4, -0.2) is 54.2 Å². The van der Waals surface area contributed by atoms with Crippen molar-refractivity contribution < 1.29 is 14.1 Å². The van der Waals surface area contributed by atoms with E-state index in [4.69, 9.17) is 9.26 Å². The summed E-state index contributed by atoms with van der Waals surface area (Å²) in [4.78, 5) is 17.8. The molecule has 2 aromatic carbocycles. The average molecular weight is 418 g/mol. The molecule has 1 aliphatic heterocycles. The highest BCUT2D eigenvalue weighted by Gasteiger charge is 2.25. The van der Waals surface area contributed by atoms with Crippen LogP contribution in [-0.2, 0) is 11.3 Å². The van der Waals surface area contributed by atoms with Crippen LogP contribution >= 0.6 is 0 Å². The minimum atomic E-state index is 0.0345. The molecule has 6 nitrogen and oxygen atoms in total. The molecule has 31 heavy (non-hydrogen) atoms. The van der Waals surface area contributed by atoms with Gasteiger partial charge >= 0.3 is 0 Å². The predicted octanol–water partition coefficient (Wildman–Crippen LogP) is 3.88. The molecule has 2 heterocycles. The monoisotopic (exact) mass is 417 g/mol. The number of ether oxygens (including phenoxy) is 1. The van der Waals surface area contributed by atoms with E-state index in [1.165, 1.54) is 0 Å². The number of hydrogen-bond acceptors (Lipinski definition) is 5. The first-order valence-electron chi connectivity index (χ1n) is 10.5. The lowest BCUT2D eigenvalue weighted by Crippen LogP contribution is -2.48. The van der Waals surface area contributed by atoms with Gasteiger partial charge in [0, 0.05) is 43.4 Å². The number of hydrogen-bond donors (Lipinski definition) is 0. The van der Waals surface area contributed by atoms with E-state index in [9.17, 15) is 4.79 Å². The third-order valence-electron chi connectivity index (χ3n) is 5.47. The van der Waals surface area contributed by atoms with Gasteiger partial charge in [0.1, 0.15) is 5.75 Å². The molecule has 160 valence electrons. The maximum atomic E-state index is 13.5. The minimum absolute atomic E-state index is 0.0345. The van der Waals surface area contributed by atoms with Gasteiger partial charge in [-0.2, -0.15) is 0 Å². The fourth-order valence-corrected chi connectivity index (χ4v) is 3.82. The van der Waals surface area contributed by atoms with Crippen LogP contribution < -0.4 is 4.74 Å². The topological polar surface area (TPSA) is 58.8 Å². The number of piperazine rings is 1. The molecule has 0 atom stereocenters. The Morgan fingerprint density at radius 3 is 2.45 bits per heavy atom. The first kappa shape index (κ1) is 20.9. The average Bonchev–Trinajstić information content (AvgIpc) is 3.22. The summed E-state index contributed by atoms with van der Waals surface area (Å²) in [5, 5.41) is 3.95. The second-order valence-corrected chi connectivity index (χ2v) is 7.67. The zero-order valence-corrected chi connectivity index (χ0v) is 18.0. The molecular formula is C25H27N3O3. The Kier molecular flexibility index (Phi) is 6.48. The SMILES string of the molecule is COc1ccccc1/C=C(/C(=O)N1CCN(Cc2cc(C)no2)CC1)c1ccccc1. The van der Waals surface area contributed by atoms with Crippen LogP contribution in [0.3, 0.4) is 0 Å². The molecule has 0 saturated carbocycles. The molecule has 0 unspecified atom stereocenters. The van der Waals surface area contributed by atoms with Crippen LogP contribution in [0.5, 0.6) is 5.75 Å². The summed E-state index contributed by atoms with van der Waals surface area (Å²) in [5.41, 5.74) is 3.34. The van der Waals surface area contributed by atoms with Gasteiger partial charge in [0.25, 0.3) is 5.91 Å². The van der Waals surface area contributed by atoms with E-state index in [0.717, 1.165) is 41.4 Å². The number of methoxy groups -OCH3 is 1. The lowest BCUT2D eigenvalue weighted by Gasteiger charge is -2.34. The highest BCUT2D eigenvalue weighted by molar-refractivity contribution is 6.24. The summed E-state index contributed by atoms with van der Waals surface area (Å²) in [5.74, 6) is 1.64. The number of benzene rings is 2. The normalized spacial score (nSPS) is 15.2. The van der Waals surface area contributed by atoms with Crippen molar-refractivity contribution in [3.05, 3.63) is 83.2 Å². The zero-order valence-electron chi connectivity index (χ0n) is 18.0. The molecular weight excluding hydrogens is 390 g/mol. The number of carbonyl (C=O) groups is 1. The molecule has 0 N–H and O–H groups in total. The molecule has 0 radical (unpaired) electrons. The molecule has 1 aromatic heterocycles. The summed E-state index contributed by atoms with van der Waals surface area (Å²) < 4.78 is 10.8.